The van der Waals surface area contributed by atoms with Crippen molar-refractivity contribution >= 4 is 5.91 Å². The first kappa shape index (κ1) is 19.7. The van der Waals surface area contributed by atoms with Crippen molar-refractivity contribution in [3.8, 4) is 5.75 Å². The fourth-order valence-electron chi connectivity index (χ4n) is 3.60. The number of piperidine rings is 1. The Labute approximate surface area is 150 Å². The van der Waals surface area contributed by atoms with Gasteiger partial charge in [-0.25, -0.2) is 4.39 Å². The molecule has 0 bridgehead atoms. The first-order chi connectivity index (χ1) is 12.0. The van der Waals surface area contributed by atoms with Crippen LogP contribution in [0.15, 0.2) is 24.3 Å². The van der Waals surface area contributed by atoms with E-state index in [-0.39, 0.29) is 11.7 Å². The number of hydrogen-bond donors (Lipinski definition) is 1. The molecule has 1 aromatic rings. The molecule has 1 aliphatic heterocycles. The van der Waals surface area contributed by atoms with Crippen LogP contribution in [0.4, 0.5) is 4.39 Å². The summed E-state index contributed by atoms with van der Waals surface area (Å²) in [7, 11) is 0. The van der Waals surface area contributed by atoms with Crippen LogP contribution in [0.3, 0.4) is 0 Å². The quantitative estimate of drug-likeness (QED) is 0.730. The lowest BCUT2D eigenvalue weighted by Crippen LogP contribution is -2.41. The summed E-state index contributed by atoms with van der Waals surface area (Å²) in [6.07, 6.45) is 2.29. The van der Waals surface area contributed by atoms with Crippen molar-refractivity contribution in [1.29, 1.82) is 0 Å². The van der Waals surface area contributed by atoms with Gasteiger partial charge in [0.2, 0.25) is 0 Å². The van der Waals surface area contributed by atoms with Crippen LogP contribution in [0, 0.1) is 17.7 Å². The van der Waals surface area contributed by atoms with Crippen molar-refractivity contribution in [2.24, 2.45) is 11.8 Å². The highest BCUT2D eigenvalue weighted by atomic mass is 19.1. The molecule has 0 saturated carbocycles. The summed E-state index contributed by atoms with van der Waals surface area (Å²) in [5.74, 6) is 1.61. The average molecular weight is 350 g/mol. The fraction of sp³-hybridized carbons (Fsp3) is 0.650. The summed E-state index contributed by atoms with van der Waals surface area (Å²) >= 11 is 0. The van der Waals surface area contributed by atoms with Crippen molar-refractivity contribution < 1.29 is 13.9 Å². The predicted molar refractivity (Wildman–Crippen MR) is 98.1 cm³/mol. The molecule has 0 aromatic heterocycles. The molecule has 1 fully saturated rings. The predicted octanol–water partition coefficient (Wildman–Crippen LogP) is 3.47. The molecule has 1 aromatic carbocycles. The lowest BCUT2D eigenvalue weighted by molar-refractivity contribution is -0.128. The molecule has 140 valence electrons. The third kappa shape index (κ3) is 6.65. The second kappa shape index (κ2) is 9.76. The highest BCUT2D eigenvalue weighted by Gasteiger charge is 2.21. The molecule has 0 unspecified atom stereocenters. The van der Waals surface area contributed by atoms with Crippen LogP contribution < -0.4 is 10.1 Å². The van der Waals surface area contributed by atoms with Gasteiger partial charge in [0.15, 0.2) is 6.10 Å². The van der Waals surface area contributed by atoms with E-state index < -0.39 is 6.10 Å². The molecule has 1 aliphatic rings. The van der Waals surface area contributed by atoms with Gasteiger partial charge in [-0.2, -0.15) is 0 Å². The monoisotopic (exact) mass is 350 g/mol. The number of likely N-dealkylation sites (tertiary alicyclic amines) is 1. The van der Waals surface area contributed by atoms with E-state index in [2.05, 4.69) is 24.1 Å². The molecule has 3 atom stereocenters. The van der Waals surface area contributed by atoms with E-state index in [1.165, 1.54) is 18.6 Å². The zero-order chi connectivity index (χ0) is 18.2. The summed E-state index contributed by atoms with van der Waals surface area (Å²) in [5, 5.41) is 2.96. The number of ether oxygens (including phenoxy) is 1. The third-order valence-corrected chi connectivity index (χ3v) is 4.65. The van der Waals surface area contributed by atoms with E-state index in [0.29, 0.717) is 18.7 Å². The molecule has 0 radical (unpaired) electrons. The van der Waals surface area contributed by atoms with E-state index in [1.54, 1.807) is 12.1 Å². The maximum Gasteiger partial charge on any atom is 0.261 e. The van der Waals surface area contributed by atoms with Gasteiger partial charge in [0.1, 0.15) is 11.6 Å². The summed E-state index contributed by atoms with van der Waals surface area (Å²) in [6, 6.07) is 5.76. The Hall–Kier alpha value is -1.62. The van der Waals surface area contributed by atoms with E-state index in [0.717, 1.165) is 37.9 Å². The normalized spacial score (nSPS) is 22.4. The summed E-state index contributed by atoms with van der Waals surface area (Å²) in [4.78, 5) is 14.8. The molecular weight excluding hydrogens is 319 g/mol. The van der Waals surface area contributed by atoms with Crippen LogP contribution in [-0.2, 0) is 4.79 Å². The highest BCUT2D eigenvalue weighted by Crippen LogP contribution is 2.20. The molecule has 1 N–H and O–H groups in total. The van der Waals surface area contributed by atoms with Crippen LogP contribution in [-0.4, -0.2) is 43.1 Å². The minimum absolute atomic E-state index is 0.104. The lowest BCUT2D eigenvalue weighted by Gasteiger charge is -2.35. The second-order valence-corrected chi connectivity index (χ2v) is 7.32. The minimum atomic E-state index is -0.541. The van der Waals surface area contributed by atoms with Gasteiger partial charge in [0, 0.05) is 19.6 Å². The molecule has 2 rings (SSSR count). The molecule has 1 amide bonds. The number of amides is 1. The third-order valence-electron chi connectivity index (χ3n) is 4.65. The molecule has 0 aliphatic carbocycles. The van der Waals surface area contributed by atoms with Crippen LogP contribution in [0.5, 0.6) is 5.75 Å². The Morgan fingerprint density at radius 2 is 1.92 bits per heavy atom. The summed E-state index contributed by atoms with van der Waals surface area (Å²) < 4.78 is 18.6. The average Bonchev–Trinajstić information content (AvgIpc) is 2.57. The van der Waals surface area contributed by atoms with Gasteiger partial charge >= 0.3 is 0 Å². The molecular formula is C20H31FN2O2. The number of carbonyl (C=O) groups excluding carboxylic acids is 1. The standard InChI is InChI=1S/C20H31FN2O2/c1-4-19(25-18-8-6-17(21)7-9-18)20(24)22-10-5-11-23-13-15(2)12-16(3)14-23/h6-9,15-16,19H,4-5,10-14H2,1-3H3,(H,22,24)/t15-,16-,19-/m0/s1. The van der Waals surface area contributed by atoms with Crippen molar-refractivity contribution in [1.82, 2.24) is 10.2 Å². The summed E-state index contributed by atoms with van der Waals surface area (Å²) in [6.45, 7) is 10.5. The topological polar surface area (TPSA) is 41.6 Å². The summed E-state index contributed by atoms with van der Waals surface area (Å²) in [5.41, 5.74) is 0. The molecule has 1 saturated heterocycles. The van der Waals surface area contributed by atoms with Gasteiger partial charge in [0.25, 0.3) is 5.91 Å². The smallest absolute Gasteiger partial charge is 0.261 e. The number of benzene rings is 1. The van der Waals surface area contributed by atoms with Gasteiger partial charge < -0.3 is 15.0 Å². The lowest BCUT2D eigenvalue weighted by atomic mass is 9.92. The fourth-order valence-corrected chi connectivity index (χ4v) is 3.60. The van der Waals surface area contributed by atoms with Gasteiger partial charge in [0.05, 0.1) is 0 Å². The van der Waals surface area contributed by atoms with Crippen molar-refractivity contribution in [3.63, 3.8) is 0 Å². The molecule has 4 nitrogen and oxygen atoms in total. The Kier molecular flexibility index (Phi) is 7.69. The van der Waals surface area contributed by atoms with Crippen molar-refractivity contribution in [3.05, 3.63) is 30.1 Å². The van der Waals surface area contributed by atoms with Gasteiger partial charge in [-0.1, -0.05) is 20.8 Å². The first-order valence-corrected chi connectivity index (χ1v) is 9.40. The highest BCUT2D eigenvalue weighted by molar-refractivity contribution is 5.81. The number of rotatable bonds is 8. The zero-order valence-electron chi connectivity index (χ0n) is 15.6. The zero-order valence-corrected chi connectivity index (χ0v) is 15.6. The van der Waals surface area contributed by atoms with E-state index in [9.17, 15) is 9.18 Å². The molecule has 0 spiro atoms. The number of carbonyl (C=O) groups is 1. The first-order valence-electron chi connectivity index (χ1n) is 9.40. The van der Waals surface area contributed by atoms with E-state index in [1.807, 2.05) is 6.92 Å². The van der Waals surface area contributed by atoms with Crippen molar-refractivity contribution in [2.75, 3.05) is 26.2 Å². The van der Waals surface area contributed by atoms with Crippen LogP contribution in [0.2, 0.25) is 0 Å². The largest absolute Gasteiger partial charge is 0.481 e. The van der Waals surface area contributed by atoms with Gasteiger partial charge in [-0.05, 0) is 61.9 Å². The van der Waals surface area contributed by atoms with Crippen LogP contribution in [0.25, 0.3) is 0 Å². The second-order valence-electron chi connectivity index (χ2n) is 7.32. The number of hydrogen-bond acceptors (Lipinski definition) is 3. The Balaban J connectivity index is 1.70. The SMILES string of the molecule is CC[C@H](Oc1ccc(F)cc1)C(=O)NCCCN1C[C@@H](C)C[C@H](C)C1. The Morgan fingerprint density at radius 3 is 2.52 bits per heavy atom. The van der Waals surface area contributed by atoms with Crippen LogP contribution in [0.1, 0.15) is 40.0 Å². The molecule has 5 heteroatoms. The van der Waals surface area contributed by atoms with Gasteiger partial charge in [-0.15, -0.1) is 0 Å². The van der Waals surface area contributed by atoms with Crippen molar-refractivity contribution in [2.45, 2.75) is 46.1 Å². The molecule has 1 heterocycles. The van der Waals surface area contributed by atoms with Crippen LogP contribution >= 0.6 is 0 Å². The maximum absolute atomic E-state index is 12.9. The minimum Gasteiger partial charge on any atom is -0.481 e. The van der Waals surface area contributed by atoms with E-state index >= 15 is 0 Å². The molecule has 25 heavy (non-hydrogen) atoms. The Bertz CT molecular complexity index is 525. The van der Waals surface area contributed by atoms with Gasteiger partial charge in [-0.3, -0.25) is 4.79 Å². The number of halogens is 1. The Morgan fingerprint density at radius 1 is 1.28 bits per heavy atom. The maximum atomic E-state index is 12.9. The number of nitrogens with one attached hydrogen (secondary N) is 1. The van der Waals surface area contributed by atoms with E-state index in [4.69, 9.17) is 4.74 Å². The number of nitrogens with zero attached hydrogens (tertiary/aromatic N) is 1.